The minimum Gasteiger partial charge on any atom is -0.468 e. The third-order valence-corrected chi connectivity index (χ3v) is 5.35. The highest BCUT2D eigenvalue weighted by molar-refractivity contribution is 5.94. The Morgan fingerprint density at radius 1 is 1.14 bits per heavy atom. The number of carbonyl (C=O) groups excluding carboxylic acids is 2. The lowest BCUT2D eigenvalue weighted by molar-refractivity contribution is -0.146. The molecule has 3 rings (SSSR count). The van der Waals surface area contributed by atoms with Crippen LogP contribution in [0.5, 0.6) is 0 Å². The number of ether oxygens (including phenoxy) is 1. The highest BCUT2D eigenvalue weighted by atomic mass is 19.1. The van der Waals surface area contributed by atoms with E-state index in [1.54, 1.807) is 0 Å². The lowest BCUT2D eigenvalue weighted by atomic mass is 10.0. The van der Waals surface area contributed by atoms with Crippen molar-refractivity contribution in [1.29, 1.82) is 0 Å². The average Bonchev–Trinajstić information content (AvgIpc) is 3.10. The Bertz CT molecular complexity index is 849. The van der Waals surface area contributed by atoms with Crippen LogP contribution in [0.2, 0.25) is 0 Å². The number of carbonyl (C=O) groups is 2. The molecular formula is C23H27FN2O3. The molecule has 1 amide bonds. The van der Waals surface area contributed by atoms with Crippen LogP contribution in [0.15, 0.2) is 48.5 Å². The van der Waals surface area contributed by atoms with Gasteiger partial charge in [-0.15, -0.1) is 0 Å². The van der Waals surface area contributed by atoms with Gasteiger partial charge in [0.1, 0.15) is 11.9 Å². The quantitative estimate of drug-likeness (QED) is 0.757. The maximum Gasteiger partial charge on any atom is 0.323 e. The first kappa shape index (κ1) is 21.0. The maximum atomic E-state index is 13.1. The summed E-state index contributed by atoms with van der Waals surface area (Å²) in [6.45, 7) is 5.44. The van der Waals surface area contributed by atoms with Crippen molar-refractivity contribution in [2.24, 2.45) is 0 Å². The Labute approximate surface area is 170 Å². The number of hydrogen-bond donors (Lipinski definition) is 1. The van der Waals surface area contributed by atoms with Crippen molar-refractivity contribution in [3.8, 4) is 0 Å². The summed E-state index contributed by atoms with van der Waals surface area (Å²) in [6, 6.07) is 13.2. The third-order valence-electron chi connectivity index (χ3n) is 5.35. The first-order valence-electron chi connectivity index (χ1n) is 9.84. The van der Waals surface area contributed by atoms with Crippen molar-refractivity contribution < 1.29 is 18.7 Å². The molecule has 0 unspecified atom stereocenters. The summed E-state index contributed by atoms with van der Waals surface area (Å²) in [5.41, 5.74) is 2.77. The van der Waals surface area contributed by atoms with Crippen molar-refractivity contribution in [2.75, 3.05) is 13.7 Å². The highest BCUT2D eigenvalue weighted by Crippen LogP contribution is 2.23. The van der Waals surface area contributed by atoms with Gasteiger partial charge in [-0.05, 0) is 47.7 Å². The van der Waals surface area contributed by atoms with Gasteiger partial charge in [0.15, 0.2) is 0 Å². The van der Waals surface area contributed by atoms with Crippen molar-refractivity contribution in [2.45, 2.75) is 44.8 Å². The molecule has 1 aliphatic rings. The van der Waals surface area contributed by atoms with Crippen LogP contribution in [0.1, 0.15) is 47.7 Å². The van der Waals surface area contributed by atoms with Gasteiger partial charge in [-0.2, -0.15) is 0 Å². The molecule has 0 spiro atoms. The number of nitrogens with zero attached hydrogens (tertiary/aromatic N) is 1. The van der Waals surface area contributed by atoms with Gasteiger partial charge in [0.05, 0.1) is 7.11 Å². The second-order valence-corrected chi connectivity index (χ2v) is 7.78. The second-order valence-electron chi connectivity index (χ2n) is 7.78. The number of benzene rings is 2. The summed E-state index contributed by atoms with van der Waals surface area (Å²) < 4.78 is 18.0. The van der Waals surface area contributed by atoms with Gasteiger partial charge in [-0.25, -0.2) is 4.39 Å². The zero-order valence-corrected chi connectivity index (χ0v) is 17.0. The Morgan fingerprint density at radius 2 is 1.79 bits per heavy atom. The van der Waals surface area contributed by atoms with Crippen molar-refractivity contribution in [1.82, 2.24) is 10.2 Å². The average molecular weight is 398 g/mol. The molecule has 2 atom stereocenters. The SMILES string of the molecule is COC(=O)[C@@H]1C[C@H](NC(=O)c2ccc(F)cc2)CN1Cc1ccc(C(C)C)cc1. The lowest BCUT2D eigenvalue weighted by Crippen LogP contribution is -2.37. The Hall–Kier alpha value is -2.73. The van der Waals surface area contributed by atoms with Gasteiger partial charge in [-0.3, -0.25) is 14.5 Å². The van der Waals surface area contributed by atoms with Crippen LogP contribution in [0.3, 0.4) is 0 Å². The molecular weight excluding hydrogens is 371 g/mol. The summed E-state index contributed by atoms with van der Waals surface area (Å²) in [7, 11) is 1.38. The molecule has 1 saturated heterocycles. The fourth-order valence-electron chi connectivity index (χ4n) is 3.68. The first-order chi connectivity index (χ1) is 13.9. The fourth-order valence-corrected chi connectivity index (χ4v) is 3.68. The molecule has 2 aromatic carbocycles. The fraction of sp³-hybridized carbons (Fsp3) is 0.391. The molecule has 154 valence electrons. The minimum absolute atomic E-state index is 0.188. The molecule has 0 aliphatic carbocycles. The van der Waals surface area contributed by atoms with Crippen LogP contribution in [0, 0.1) is 5.82 Å². The van der Waals surface area contributed by atoms with E-state index in [1.165, 1.54) is 36.9 Å². The standard InChI is InChI=1S/C23H27FN2O3/c1-15(2)17-6-4-16(5-7-17)13-26-14-20(12-21(26)23(28)29-3)25-22(27)18-8-10-19(24)11-9-18/h4-11,15,20-21H,12-14H2,1-3H3,(H,25,27)/t20-,21-/m0/s1. The molecule has 0 bridgehead atoms. The predicted octanol–water partition coefficient (Wildman–Crippen LogP) is 3.50. The Kier molecular flexibility index (Phi) is 6.64. The molecule has 1 aliphatic heterocycles. The number of esters is 1. The summed E-state index contributed by atoms with van der Waals surface area (Å²) in [5, 5.41) is 2.95. The van der Waals surface area contributed by atoms with E-state index in [2.05, 4.69) is 43.4 Å². The molecule has 2 aromatic rings. The number of likely N-dealkylation sites (tertiary alicyclic amines) is 1. The summed E-state index contributed by atoms with van der Waals surface area (Å²) >= 11 is 0. The van der Waals surface area contributed by atoms with Crippen LogP contribution in [0.25, 0.3) is 0 Å². The number of nitrogens with one attached hydrogen (secondary N) is 1. The molecule has 1 heterocycles. The van der Waals surface area contributed by atoms with E-state index >= 15 is 0 Å². The lowest BCUT2D eigenvalue weighted by Gasteiger charge is -2.22. The number of methoxy groups -OCH3 is 1. The summed E-state index contributed by atoms with van der Waals surface area (Å²) in [6.07, 6.45) is 0.476. The van der Waals surface area contributed by atoms with E-state index < -0.39 is 6.04 Å². The molecule has 0 aromatic heterocycles. The van der Waals surface area contributed by atoms with E-state index in [0.29, 0.717) is 31.0 Å². The van der Waals surface area contributed by atoms with Crippen LogP contribution in [0.4, 0.5) is 4.39 Å². The van der Waals surface area contributed by atoms with E-state index in [4.69, 9.17) is 4.74 Å². The number of rotatable bonds is 6. The summed E-state index contributed by atoms with van der Waals surface area (Å²) in [4.78, 5) is 26.8. The maximum absolute atomic E-state index is 13.1. The topological polar surface area (TPSA) is 58.6 Å². The van der Waals surface area contributed by atoms with Crippen molar-refractivity contribution >= 4 is 11.9 Å². The molecule has 0 saturated carbocycles. The molecule has 29 heavy (non-hydrogen) atoms. The van der Waals surface area contributed by atoms with Crippen molar-refractivity contribution in [3.05, 3.63) is 71.0 Å². The van der Waals surface area contributed by atoms with Gasteiger partial charge in [0, 0.05) is 24.7 Å². The van der Waals surface area contributed by atoms with Gasteiger partial charge in [0.25, 0.3) is 5.91 Å². The minimum atomic E-state index is -0.414. The second kappa shape index (κ2) is 9.18. The number of hydrogen-bond acceptors (Lipinski definition) is 4. The number of halogens is 1. The summed E-state index contributed by atoms with van der Waals surface area (Å²) in [5.74, 6) is -0.503. The molecule has 1 N–H and O–H groups in total. The Balaban J connectivity index is 1.68. The van der Waals surface area contributed by atoms with Gasteiger partial charge >= 0.3 is 5.97 Å². The Morgan fingerprint density at radius 3 is 2.38 bits per heavy atom. The van der Waals surface area contributed by atoms with Gasteiger partial charge in [0.2, 0.25) is 0 Å². The van der Waals surface area contributed by atoms with Crippen LogP contribution >= 0.6 is 0 Å². The van der Waals surface area contributed by atoms with Crippen LogP contribution < -0.4 is 5.32 Å². The largest absolute Gasteiger partial charge is 0.468 e. The third kappa shape index (κ3) is 5.21. The normalized spacial score (nSPS) is 19.3. The molecule has 0 radical (unpaired) electrons. The zero-order valence-electron chi connectivity index (χ0n) is 17.0. The smallest absolute Gasteiger partial charge is 0.323 e. The highest BCUT2D eigenvalue weighted by Gasteiger charge is 2.38. The predicted molar refractivity (Wildman–Crippen MR) is 109 cm³/mol. The van der Waals surface area contributed by atoms with E-state index in [9.17, 15) is 14.0 Å². The van der Waals surface area contributed by atoms with Gasteiger partial charge in [-0.1, -0.05) is 38.1 Å². The zero-order chi connectivity index (χ0) is 21.0. The van der Waals surface area contributed by atoms with E-state index in [1.807, 2.05) is 4.90 Å². The van der Waals surface area contributed by atoms with E-state index in [0.717, 1.165) is 5.56 Å². The van der Waals surface area contributed by atoms with Crippen molar-refractivity contribution in [3.63, 3.8) is 0 Å². The van der Waals surface area contributed by atoms with Crippen LogP contribution in [-0.2, 0) is 16.1 Å². The van der Waals surface area contributed by atoms with Crippen LogP contribution in [-0.4, -0.2) is 42.5 Å². The molecule has 5 nitrogen and oxygen atoms in total. The van der Waals surface area contributed by atoms with E-state index in [-0.39, 0.29) is 23.7 Å². The number of amides is 1. The molecule has 6 heteroatoms. The first-order valence-corrected chi connectivity index (χ1v) is 9.84. The van der Waals surface area contributed by atoms with Gasteiger partial charge < -0.3 is 10.1 Å². The monoisotopic (exact) mass is 398 g/mol. The molecule has 1 fully saturated rings.